The highest BCUT2D eigenvalue weighted by Gasteiger charge is 2.13. The number of benzene rings is 1. The van der Waals surface area contributed by atoms with Crippen molar-refractivity contribution in [2.24, 2.45) is 0 Å². The maximum absolute atomic E-state index is 12.5. The Morgan fingerprint density at radius 3 is 2.40 bits per heavy atom. The Kier molecular flexibility index (Phi) is 3.84. The zero-order valence-electron chi connectivity index (χ0n) is 13.2. The average molecular weight is 330 g/mol. The predicted octanol–water partition coefficient (Wildman–Crippen LogP) is 3.41. The number of fused-ring (bicyclic) bond motifs is 1. The molecule has 25 heavy (non-hydrogen) atoms. The van der Waals surface area contributed by atoms with Crippen molar-refractivity contribution in [2.45, 2.75) is 6.61 Å². The molecule has 5 heteroatoms. The SMILES string of the molecule is O=c1cc(-c2ccncc2)oc2c(-c3ccc(CO)cc3)nccc12. The van der Waals surface area contributed by atoms with E-state index in [1.807, 2.05) is 24.3 Å². The number of pyridine rings is 2. The molecule has 1 N–H and O–H groups in total. The second-order valence-electron chi connectivity index (χ2n) is 5.60. The summed E-state index contributed by atoms with van der Waals surface area (Å²) in [4.78, 5) is 20.9. The van der Waals surface area contributed by atoms with Crippen LogP contribution < -0.4 is 5.43 Å². The van der Waals surface area contributed by atoms with E-state index in [2.05, 4.69) is 9.97 Å². The third kappa shape index (κ3) is 2.81. The molecule has 3 heterocycles. The quantitative estimate of drug-likeness (QED) is 0.623. The third-order valence-corrected chi connectivity index (χ3v) is 4.02. The molecule has 0 fully saturated rings. The van der Waals surface area contributed by atoms with E-state index in [0.717, 1.165) is 16.7 Å². The number of rotatable bonds is 3. The molecule has 5 nitrogen and oxygen atoms in total. The van der Waals surface area contributed by atoms with Crippen molar-refractivity contribution < 1.29 is 9.52 Å². The van der Waals surface area contributed by atoms with Gasteiger partial charge < -0.3 is 9.52 Å². The Morgan fingerprint density at radius 2 is 1.68 bits per heavy atom. The molecule has 0 radical (unpaired) electrons. The topological polar surface area (TPSA) is 76.2 Å². The molecule has 0 atom stereocenters. The fourth-order valence-corrected chi connectivity index (χ4v) is 2.71. The lowest BCUT2D eigenvalue weighted by atomic mass is 10.1. The third-order valence-electron chi connectivity index (χ3n) is 4.02. The van der Waals surface area contributed by atoms with E-state index in [4.69, 9.17) is 4.42 Å². The zero-order chi connectivity index (χ0) is 17.2. The molecular weight excluding hydrogens is 316 g/mol. The molecule has 1 aromatic carbocycles. The van der Waals surface area contributed by atoms with E-state index in [0.29, 0.717) is 22.4 Å². The number of aromatic nitrogens is 2. The first-order chi connectivity index (χ1) is 12.3. The summed E-state index contributed by atoms with van der Waals surface area (Å²) in [5.74, 6) is 0.473. The van der Waals surface area contributed by atoms with Gasteiger partial charge in [-0.1, -0.05) is 24.3 Å². The van der Waals surface area contributed by atoms with Crippen molar-refractivity contribution in [1.29, 1.82) is 0 Å². The first-order valence-electron chi connectivity index (χ1n) is 7.80. The Bertz CT molecular complexity index is 1090. The van der Waals surface area contributed by atoms with Gasteiger partial charge >= 0.3 is 0 Å². The van der Waals surface area contributed by atoms with Gasteiger partial charge in [0.2, 0.25) is 0 Å². The van der Waals surface area contributed by atoms with Gasteiger partial charge in [0.25, 0.3) is 0 Å². The van der Waals surface area contributed by atoms with Gasteiger partial charge in [0.1, 0.15) is 11.5 Å². The van der Waals surface area contributed by atoms with E-state index in [9.17, 15) is 9.90 Å². The summed E-state index contributed by atoms with van der Waals surface area (Å²) in [5, 5.41) is 9.67. The maximum Gasteiger partial charge on any atom is 0.193 e. The molecule has 0 unspecified atom stereocenters. The summed E-state index contributed by atoms with van der Waals surface area (Å²) in [6.45, 7) is -0.0233. The average Bonchev–Trinajstić information content (AvgIpc) is 2.68. The standard InChI is InChI=1S/C20H14N2O3/c23-12-13-1-3-15(4-2-13)19-20-16(7-10-22-19)17(24)11-18(25-20)14-5-8-21-9-6-14/h1-11,23H,12H2. The summed E-state index contributed by atoms with van der Waals surface area (Å²) in [6, 6.07) is 14.1. The van der Waals surface area contributed by atoms with Gasteiger partial charge in [0.05, 0.1) is 12.0 Å². The molecule has 0 saturated heterocycles. The number of aliphatic hydroxyl groups is 1. The highest BCUT2D eigenvalue weighted by Crippen LogP contribution is 2.28. The molecule has 4 rings (SSSR count). The van der Waals surface area contributed by atoms with Crippen molar-refractivity contribution in [3.8, 4) is 22.6 Å². The van der Waals surface area contributed by atoms with Gasteiger partial charge in [-0.25, -0.2) is 0 Å². The molecule has 0 amide bonds. The van der Waals surface area contributed by atoms with Gasteiger partial charge in [-0.2, -0.15) is 0 Å². The minimum Gasteiger partial charge on any atom is -0.454 e. The van der Waals surface area contributed by atoms with Crippen LogP contribution >= 0.6 is 0 Å². The highest BCUT2D eigenvalue weighted by atomic mass is 16.3. The van der Waals surface area contributed by atoms with Gasteiger partial charge in [0, 0.05) is 35.8 Å². The summed E-state index contributed by atoms with van der Waals surface area (Å²) in [6.07, 6.45) is 4.90. The van der Waals surface area contributed by atoms with Crippen LogP contribution in [-0.4, -0.2) is 15.1 Å². The van der Waals surface area contributed by atoms with E-state index >= 15 is 0 Å². The largest absolute Gasteiger partial charge is 0.454 e. The Balaban J connectivity index is 1.95. The fraction of sp³-hybridized carbons (Fsp3) is 0.0500. The van der Waals surface area contributed by atoms with Crippen molar-refractivity contribution in [1.82, 2.24) is 9.97 Å². The van der Waals surface area contributed by atoms with Gasteiger partial charge in [-0.15, -0.1) is 0 Å². The van der Waals surface area contributed by atoms with Crippen LogP contribution in [0.15, 0.2) is 76.3 Å². The van der Waals surface area contributed by atoms with E-state index in [1.165, 1.54) is 6.07 Å². The van der Waals surface area contributed by atoms with Crippen molar-refractivity contribution in [2.75, 3.05) is 0 Å². The monoisotopic (exact) mass is 330 g/mol. The molecule has 0 spiro atoms. The second-order valence-corrected chi connectivity index (χ2v) is 5.60. The molecule has 4 aromatic rings. The van der Waals surface area contributed by atoms with Crippen LogP contribution in [0.3, 0.4) is 0 Å². The van der Waals surface area contributed by atoms with Crippen LogP contribution in [0.5, 0.6) is 0 Å². The second kappa shape index (κ2) is 6.30. The first-order valence-corrected chi connectivity index (χ1v) is 7.80. The van der Waals surface area contributed by atoms with E-state index in [-0.39, 0.29) is 12.0 Å². The van der Waals surface area contributed by atoms with Gasteiger partial charge in [0.15, 0.2) is 11.0 Å². The lowest BCUT2D eigenvalue weighted by Gasteiger charge is -2.07. The molecule has 122 valence electrons. The van der Waals surface area contributed by atoms with Gasteiger partial charge in [-0.05, 0) is 23.8 Å². The minimum atomic E-state index is -0.122. The Morgan fingerprint density at radius 1 is 0.920 bits per heavy atom. The smallest absolute Gasteiger partial charge is 0.193 e. The lowest BCUT2D eigenvalue weighted by Crippen LogP contribution is -2.02. The summed E-state index contributed by atoms with van der Waals surface area (Å²) in [5.41, 5.74) is 3.32. The van der Waals surface area contributed by atoms with E-state index < -0.39 is 0 Å². The normalized spacial score (nSPS) is 10.9. The van der Waals surface area contributed by atoms with Crippen LogP contribution in [-0.2, 0) is 6.61 Å². The van der Waals surface area contributed by atoms with Crippen molar-refractivity contribution in [3.05, 3.63) is 82.9 Å². The Labute approximate surface area is 143 Å². The Hall–Kier alpha value is -3.31. The van der Waals surface area contributed by atoms with Gasteiger partial charge in [-0.3, -0.25) is 14.8 Å². The molecule has 3 aromatic heterocycles. The zero-order valence-corrected chi connectivity index (χ0v) is 13.2. The van der Waals surface area contributed by atoms with Crippen molar-refractivity contribution in [3.63, 3.8) is 0 Å². The number of nitrogens with zero attached hydrogens (tertiary/aromatic N) is 2. The number of hydrogen-bond acceptors (Lipinski definition) is 5. The lowest BCUT2D eigenvalue weighted by molar-refractivity contribution is 0.282. The highest BCUT2D eigenvalue weighted by molar-refractivity contribution is 5.90. The van der Waals surface area contributed by atoms with Crippen LogP contribution in [0.4, 0.5) is 0 Å². The minimum absolute atomic E-state index is 0.0233. The predicted molar refractivity (Wildman–Crippen MR) is 94.9 cm³/mol. The fourth-order valence-electron chi connectivity index (χ4n) is 2.71. The molecule has 0 aliphatic rings. The molecule has 0 saturated carbocycles. The van der Waals surface area contributed by atoms with Crippen LogP contribution in [0.2, 0.25) is 0 Å². The summed E-state index contributed by atoms with van der Waals surface area (Å²) >= 11 is 0. The summed E-state index contributed by atoms with van der Waals surface area (Å²) in [7, 11) is 0. The van der Waals surface area contributed by atoms with Crippen LogP contribution in [0, 0.1) is 0 Å². The van der Waals surface area contributed by atoms with E-state index in [1.54, 1.807) is 36.8 Å². The number of hydrogen-bond donors (Lipinski definition) is 1. The summed E-state index contributed by atoms with van der Waals surface area (Å²) < 4.78 is 6.03. The number of aliphatic hydroxyl groups excluding tert-OH is 1. The molecule has 0 bridgehead atoms. The molecular formula is C20H14N2O3. The van der Waals surface area contributed by atoms with Crippen LogP contribution in [0.1, 0.15) is 5.56 Å². The maximum atomic E-state index is 12.5. The first kappa shape index (κ1) is 15.2. The molecule has 0 aliphatic carbocycles. The van der Waals surface area contributed by atoms with Crippen molar-refractivity contribution >= 4 is 11.0 Å². The van der Waals surface area contributed by atoms with Crippen LogP contribution in [0.25, 0.3) is 33.6 Å². The molecule has 0 aliphatic heterocycles.